The average Bonchev–Trinajstić information content (AvgIpc) is 2.77. The molecule has 1 aromatic carbocycles. The predicted octanol–water partition coefficient (Wildman–Crippen LogP) is 3.22. The smallest absolute Gasteiger partial charge is 0.161 e. The van der Waals surface area contributed by atoms with Crippen LogP contribution in [0.25, 0.3) is 5.65 Å². The molecule has 3 rings (SSSR count). The summed E-state index contributed by atoms with van der Waals surface area (Å²) in [5.74, 6) is 0.490. The van der Waals surface area contributed by atoms with Crippen LogP contribution in [0.15, 0.2) is 47.1 Å². The Balaban J connectivity index is 2.09. The van der Waals surface area contributed by atoms with E-state index in [4.69, 9.17) is 0 Å². The lowest BCUT2D eigenvalue weighted by atomic mass is 10.1. The number of benzene rings is 1. The van der Waals surface area contributed by atoms with E-state index in [2.05, 4.69) is 26.1 Å². The second-order valence-corrected chi connectivity index (χ2v) is 4.74. The summed E-state index contributed by atoms with van der Waals surface area (Å²) in [5.41, 5.74) is 1.36. The SMILES string of the molecule is Fc1ccccc1Cc1nnc2cccc(Br)n12. The molecule has 0 N–H and O–H groups in total. The highest BCUT2D eigenvalue weighted by Crippen LogP contribution is 2.17. The summed E-state index contributed by atoms with van der Waals surface area (Å²) in [6.45, 7) is 0. The highest BCUT2D eigenvalue weighted by Gasteiger charge is 2.10. The molecule has 90 valence electrons. The molecule has 3 nitrogen and oxygen atoms in total. The normalized spacial score (nSPS) is 11.0. The fourth-order valence-electron chi connectivity index (χ4n) is 1.89. The summed E-state index contributed by atoms with van der Waals surface area (Å²) in [6.07, 6.45) is 0.413. The zero-order chi connectivity index (χ0) is 12.5. The van der Waals surface area contributed by atoms with Gasteiger partial charge in [-0.05, 0) is 39.7 Å². The molecule has 0 saturated heterocycles. The fraction of sp³-hybridized carbons (Fsp3) is 0.0769. The number of aromatic nitrogens is 3. The van der Waals surface area contributed by atoms with Crippen molar-refractivity contribution in [2.45, 2.75) is 6.42 Å². The summed E-state index contributed by atoms with van der Waals surface area (Å²) >= 11 is 3.45. The van der Waals surface area contributed by atoms with E-state index in [9.17, 15) is 4.39 Å². The van der Waals surface area contributed by atoms with E-state index in [1.807, 2.05) is 28.7 Å². The Kier molecular flexibility index (Phi) is 2.83. The Labute approximate surface area is 111 Å². The first-order chi connectivity index (χ1) is 8.75. The number of halogens is 2. The first-order valence-electron chi connectivity index (χ1n) is 5.47. The molecule has 0 atom stereocenters. The van der Waals surface area contributed by atoms with Gasteiger partial charge in [-0.2, -0.15) is 0 Å². The van der Waals surface area contributed by atoms with E-state index >= 15 is 0 Å². The van der Waals surface area contributed by atoms with Crippen molar-refractivity contribution in [3.8, 4) is 0 Å². The molecule has 0 bridgehead atoms. The molecule has 0 aliphatic heterocycles. The average molecular weight is 306 g/mol. The van der Waals surface area contributed by atoms with Gasteiger partial charge in [0.25, 0.3) is 0 Å². The first-order valence-corrected chi connectivity index (χ1v) is 6.27. The van der Waals surface area contributed by atoms with Crippen molar-refractivity contribution >= 4 is 21.6 Å². The largest absolute Gasteiger partial charge is 0.273 e. The van der Waals surface area contributed by atoms with Crippen molar-refractivity contribution in [1.29, 1.82) is 0 Å². The molecule has 5 heteroatoms. The topological polar surface area (TPSA) is 30.2 Å². The molecule has 0 amide bonds. The van der Waals surface area contributed by atoms with E-state index in [-0.39, 0.29) is 5.82 Å². The van der Waals surface area contributed by atoms with Crippen molar-refractivity contribution in [2.75, 3.05) is 0 Å². The zero-order valence-electron chi connectivity index (χ0n) is 9.35. The minimum Gasteiger partial charge on any atom is -0.273 e. The van der Waals surface area contributed by atoms with Crippen molar-refractivity contribution in [3.63, 3.8) is 0 Å². The maximum absolute atomic E-state index is 13.6. The van der Waals surface area contributed by atoms with Gasteiger partial charge in [0, 0.05) is 6.42 Å². The van der Waals surface area contributed by atoms with Crippen LogP contribution in [0.1, 0.15) is 11.4 Å². The highest BCUT2D eigenvalue weighted by molar-refractivity contribution is 9.10. The van der Waals surface area contributed by atoms with Crippen molar-refractivity contribution < 1.29 is 4.39 Å². The Morgan fingerprint density at radius 1 is 1.06 bits per heavy atom. The molecule has 0 unspecified atom stereocenters. The maximum atomic E-state index is 13.6. The Morgan fingerprint density at radius 3 is 2.72 bits per heavy atom. The van der Waals surface area contributed by atoms with Gasteiger partial charge in [-0.15, -0.1) is 10.2 Å². The lowest BCUT2D eigenvalue weighted by molar-refractivity contribution is 0.611. The molecule has 18 heavy (non-hydrogen) atoms. The fourth-order valence-corrected chi connectivity index (χ4v) is 2.42. The maximum Gasteiger partial charge on any atom is 0.161 e. The first kappa shape index (κ1) is 11.3. The monoisotopic (exact) mass is 305 g/mol. The quantitative estimate of drug-likeness (QED) is 0.681. The van der Waals surface area contributed by atoms with Crippen LogP contribution in [0, 0.1) is 5.82 Å². The minimum absolute atomic E-state index is 0.221. The van der Waals surface area contributed by atoms with Crippen LogP contribution in [0.2, 0.25) is 0 Å². The molecule has 3 aromatic rings. The van der Waals surface area contributed by atoms with Crippen LogP contribution in [0.3, 0.4) is 0 Å². The third-order valence-corrected chi connectivity index (χ3v) is 3.37. The van der Waals surface area contributed by atoms with Gasteiger partial charge in [0.2, 0.25) is 0 Å². The minimum atomic E-state index is -0.221. The molecule has 2 aromatic heterocycles. The highest BCUT2D eigenvalue weighted by atomic mass is 79.9. The molecular formula is C13H9BrFN3. The summed E-state index contributed by atoms with van der Waals surface area (Å²) in [5, 5.41) is 8.17. The number of nitrogens with zero attached hydrogens (tertiary/aromatic N) is 3. The molecule has 0 radical (unpaired) electrons. The summed E-state index contributed by atoms with van der Waals surface area (Å²) in [7, 11) is 0. The molecular weight excluding hydrogens is 297 g/mol. The Bertz CT molecular complexity index is 708. The number of fused-ring (bicyclic) bond motifs is 1. The van der Waals surface area contributed by atoms with Gasteiger partial charge in [-0.1, -0.05) is 24.3 Å². The van der Waals surface area contributed by atoms with E-state index in [1.54, 1.807) is 12.1 Å². The van der Waals surface area contributed by atoms with Crippen molar-refractivity contribution in [2.24, 2.45) is 0 Å². The summed E-state index contributed by atoms with van der Waals surface area (Å²) < 4.78 is 16.3. The van der Waals surface area contributed by atoms with E-state index in [1.165, 1.54) is 6.07 Å². The van der Waals surface area contributed by atoms with E-state index in [0.717, 1.165) is 10.3 Å². The molecule has 0 aliphatic rings. The van der Waals surface area contributed by atoms with Gasteiger partial charge in [0.15, 0.2) is 5.65 Å². The second-order valence-electron chi connectivity index (χ2n) is 3.93. The zero-order valence-corrected chi connectivity index (χ0v) is 10.9. The van der Waals surface area contributed by atoms with E-state index in [0.29, 0.717) is 17.8 Å². The summed E-state index contributed by atoms with van der Waals surface area (Å²) in [6, 6.07) is 12.4. The van der Waals surface area contributed by atoms with Crippen molar-refractivity contribution in [3.05, 3.63) is 64.3 Å². The van der Waals surface area contributed by atoms with Crippen LogP contribution in [0.4, 0.5) is 4.39 Å². The predicted molar refractivity (Wildman–Crippen MR) is 69.9 cm³/mol. The van der Waals surface area contributed by atoms with Gasteiger partial charge in [-0.3, -0.25) is 4.40 Å². The van der Waals surface area contributed by atoms with Gasteiger partial charge in [0.1, 0.15) is 11.6 Å². The van der Waals surface area contributed by atoms with Gasteiger partial charge < -0.3 is 0 Å². The van der Waals surface area contributed by atoms with Crippen LogP contribution >= 0.6 is 15.9 Å². The van der Waals surface area contributed by atoms with Crippen LogP contribution in [-0.4, -0.2) is 14.6 Å². The molecule has 0 aliphatic carbocycles. The Hall–Kier alpha value is -1.75. The third-order valence-electron chi connectivity index (χ3n) is 2.75. The van der Waals surface area contributed by atoms with Crippen LogP contribution in [0.5, 0.6) is 0 Å². The number of hydrogen-bond acceptors (Lipinski definition) is 2. The standard InChI is InChI=1S/C13H9BrFN3/c14-11-6-3-7-12-16-17-13(18(11)12)8-9-4-1-2-5-10(9)15/h1-7H,8H2. The van der Waals surface area contributed by atoms with E-state index < -0.39 is 0 Å². The third kappa shape index (κ3) is 1.90. The number of rotatable bonds is 2. The molecule has 2 heterocycles. The van der Waals surface area contributed by atoms with Gasteiger partial charge >= 0.3 is 0 Å². The van der Waals surface area contributed by atoms with Crippen LogP contribution < -0.4 is 0 Å². The lowest BCUT2D eigenvalue weighted by Gasteiger charge is -2.03. The lowest BCUT2D eigenvalue weighted by Crippen LogP contribution is -1.99. The van der Waals surface area contributed by atoms with Crippen LogP contribution in [-0.2, 0) is 6.42 Å². The molecule has 0 saturated carbocycles. The van der Waals surface area contributed by atoms with Crippen molar-refractivity contribution in [1.82, 2.24) is 14.6 Å². The van der Waals surface area contributed by atoms with Gasteiger partial charge in [0.05, 0.1) is 4.60 Å². The Morgan fingerprint density at radius 2 is 1.89 bits per heavy atom. The molecule has 0 spiro atoms. The summed E-state index contributed by atoms with van der Waals surface area (Å²) in [4.78, 5) is 0. The number of hydrogen-bond donors (Lipinski definition) is 0. The second kappa shape index (κ2) is 4.49. The van der Waals surface area contributed by atoms with Gasteiger partial charge in [-0.25, -0.2) is 4.39 Å². The number of pyridine rings is 1. The molecule has 0 fully saturated rings.